The smallest absolute Gasteiger partial charge is 0.462 e. The van der Waals surface area contributed by atoms with Crippen LogP contribution in [0.2, 0.25) is 0 Å². The van der Waals surface area contributed by atoms with Gasteiger partial charge in [-0.1, -0.05) is 293 Å². The fraction of sp³-hybridized carbons (Fsp3) is 0.943. The highest BCUT2D eigenvalue weighted by atomic mass is 31.2. The minimum absolute atomic E-state index is 0.102. The number of rotatable bonds is 67. The van der Waals surface area contributed by atoms with E-state index in [2.05, 4.69) is 55.4 Å². The van der Waals surface area contributed by atoms with Crippen LogP contribution in [-0.2, 0) is 65.4 Å². The first kappa shape index (κ1) is 87.1. The zero-order valence-electron chi connectivity index (χ0n) is 58.1. The van der Waals surface area contributed by atoms with Gasteiger partial charge in [0, 0.05) is 25.7 Å². The van der Waals surface area contributed by atoms with Crippen molar-refractivity contribution >= 4 is 39.5 Å². The summed E-state index contributed by atoms with van der Waals surface area (Å²) in [6, 6.07) is 0. The standard InChI is InChI=1S/C70H136O17P2/c1-9-63(8)49-41-33-28-29-35-43-51-68(73)81-57-66(87-70(75)53-45-37-27-21-24-32-40-48-62(6)7)59-85-89(78,79)83-55-64(71)54-82-88(76,77)84-58-65(86-69(74)52-44-36-26-20-16-18-23-31-39-47-61(4)5)56-80-67(72)50-42-34-25-19-15-13-11-10-12-14-17-22-30-38-46-60(2)3/h60-66,71H,9-59H2,1-8H3,(H,76,77)(H,78,79)/t63?,64-,65-,66-/m1/s1. The van der Waals surface area contributed by atoms with Crippen LogP contribution >= 0.6 is 15.6 Å². The number of ether oxygens (including phenoxy) is 4. The third-order valence-electron chi connectivity index (χ3n) is 16.4. The molecule has 3 N–H and O–H groups in total. The van der Waals surface area contributed by atoms with Crippen molar-refractivity contribution in [1.29, 1.82) is 0 Å². The lowest BCUT2D eigenvalue weighted by Gasteiger charge is -2.21. The van der Waals surface area contributed by atoms with Crippen LogP contribution < -0.4 is 0 Å². The molecule has 17 nitrogen and oxygen atoms in total. The number of unbranched alkanes of at least 4 members (excludes halogenated alkanes) is 32. The van der Waals surface area contributed by atoms with Gasteiger partial charge in [0.15, 0.2) is 12.2 Å². The van der Waals surface area contributed by atoms with Crippen LogP contribution in [0.25, 0.3) is 0 Å². The lowest BCUT2D eigenvalue weighted by molar-refractivity contribution is -0.161. The molecule has 6 atom stereocenters. The number of aliphatic hydroxyl groups is 1. The Hall–Kier alpha value is -1.94. The summed E-state index contributed by atoms with van der Waals surface area (Å²) < 4.78 is 68.2. The van der Waals surface area contributed by atoms with E-state index in [1.807, 2.05) is 0 Å². The molecular weight excluding hydrogens is 1170 g/mol. The molecule has 0 aromatic heterocycles. The van der Waals surface area contributed by atoms with E-state index in [1.165, 1.54) is 141 Å². The Labute approximate surface area is 543 Å². The second kappa shape index (κ2) is 59.8. The maximum absolute atomic E-state index is 13.0. The molecule has 0 fully saturated rings. The van der Waals surface area contributed by atoms with Gasteiger partial charge in [0.1, 0.15) is 19.3 Å². The number of phosphoric acid groups is 2. The summed E-state index contributed by atoms with van der Waals surface area (Å²) in [5, 5.41) is 10.6. The molecule has 3 unspecified atom stereocenters. The second-order valence-corrected chi connectivity index (χ2v) is 29.8. The van der Waals surface area contributed by atoms with Crippen molar-refractivity contribution < 1.29 is 80.2 Å². The first-order valence-electron chi connectivity index (χ1n) is 36.2. The molecule has 0 bridgehead atoms. The van der Waals surface area contributed by atoms with E-state index >= 15 is 0 Å². The van der Waals surface area contributed by atoms with Gasteiger partial charge in [0.2, 0.25) is 0 Å². The van der Waals surface area contributed by atoms with Crippen molar-refractivity contribution in [1.82, 2.24) is 0 Å². The molecule has 89 heavy (non-hydrogen) atoms. The van der Waals surface area contributed by atoms with Gasteiger partial charge in [0.05, 0.1) is 26.4 Å². The number of esters is 4. The highest BCUT2D eigenvalue weighted by Crippen LogP contribution is 2.45. The molecular formula is C70H136O17P2. The molecule has 19 heteroatoms. The highest BCUT2D eigenvalue weighted by Gasteiger charge is 2.30. The fourth-order valence-corrected chi connectivity index (χ4v) is 12.0. The van der Waals surface area contributed by atoms with Gasteiger partial charge in [0.25, 0.3) is 0 Å². The zero-order valence-corrected chi connectivity index (χ0v) is 59.8. The van der Waals surface area contributed by atoms with E-state index in [0.717, 1.165) is 114 Å². The van der Waals surface area contributed by atoms with Gasteiger partial charge in [-0.25, -0.2) is 9.13 Å². The Morgan fingerprint density at radius 3 is 0.798 bits per heavy atom. The molecule has 0 aromatic rings. The van der Waals surface area contributed by atoms with E-state index in [9.17, 15) is 43.2 Å². The third kappa shape index (κ3) is 63.2. The van der Waals surface area contributed by atoms with E-state index in [1.54, 1.807) is 0 Å². The van der Waals surface area contributed by atoms with E-state index in [-0.39, 0.29) is 25.7 Å². The van der Waals surface area contributed by atoms with E-state index in [4.69, 9.17) is 37.0 Å². The quantitative estimate of drug-likeness (QED) is 0.0222. The van der Waals surface area contributed by atoms with Gasteiger partial charge in [-0.05, 0) is 49.4 Å². The average Bonchev–Trinajstić information content (AvgIpc) is 3.58. The first-order valence-corrected chi connectivity index (χ1v) is 39.2. The average molecular weight is 1310 g/mol. The largest absolute Gasteiger partial charge is 0.472 e. The third-order valence-corrected chi connectivity index (χ3v) is 18.3. The SMILES string of the molecule is CCC(C)CCCCCCCCC(=O)OC[C@H](COP(=O)(O)OC[C@H](O)COP(=O)(O)OC[C@@H](COC(=O)CCCCCCCCCCCCCCCCC(C)C)OC(=O)CCCCCCCCCCCC(C)C)OC(=O)CCCCCCCCCC(C)C. The first-order chi connectivity index (χ1) is 42.6. The van der Waals surface area contributed by atoms with Crippen LogP contribution in [0.5, 0.6) is 0 Å². The summed E-state index contributed by atoms with van der Waals surface area (Å²) in [4.78, 5) is 72.5. The minimum atomic E-state index is -4.95. The molecule has 0 heterocycles. The van der Waals surface area contributed by atoms with Crippen LogP contribution in [0.15, 0.2) is 0 Å². The predicted octanol–water partition coefficient (Wildman–Crippen LogP) is 19.7. The molecule has 0 aliphatic rings. The summed E-state index contributed by atoms with van der Waals surface area (Å²) in [5.41, 5.74) is 0. The molecule has 0 amide bonds. The number of aliphatic hydroxyl groups excluding tert-OH is 1. The molecule has 0 aromatic carbocycles. The summed E-state index contributed by atoms with van der Waals surface area (Å²) in [6.07, 6.45) is 41.9. The number of carbonyl (C=O) groups excluding carboxylic acids is 4. The summed E-state index contributed by atoms with van der Waals surface area (Å²) in [7, 11) is -9.90. The number of phosphoric ester groups is 2. The van der Waals surface area contributed by atoms with Crippen LogP contribution in [0.3, 0.4) is 0 Å². The van der Waals surface area contributed by atoms with Crippen LogP contribution in [0, 0.1) is 23.7 Å². The molecule has 0 saturated carbocycles. The Morgan fingerprint density at radius 2 is 0.539 bits per heavy atom. The molecule has 0 aliphatic carbocycles. The topological polar surface area (TPSA) is 237 Å². The molecule has 0 spiro atoms. The number of carbonyl (C=O) groups is 4. The lowest BCUT2D eigenvalue weighted by Crippen LogP contribution is -2.30. The number of hydrogen-bond donors (Lipinski definition) is 3. The van der Waals surface area contributed by atoms with Crippen molar-refractivity contribution in [3.63, 3.8) is 0 Å². The summed E-state index contributed by atoms with van der Waals surface area (Å²) in [5.74, 6) is 0.829. The zero-order chi connectivity index (χ0) is 66.1. The Kier molecular flexibility index (Phi) is 58.5. The molecule has 0 saturated heterocycles. The molecule has 528 valence electrons. The normalized spacial score (nSPS) is 14.6. The van der Waals surface area contributed by atoms with Crippen LogP contribution in [0.4, 0.5) is 0 Å². The fourth-order valence-electron chi connectivity index (χ4n) is 10.5. The minimum Gasteiger partial charge on any atom is -0.462 e. The maximum Gasteiger partial charge on any atom is 0.472 e. The van der Waals surface area contributed by atoms with Crippen molar-refractivity contribution in [2.45, 2.75) is 363 Å². The Morgan fingerprint density at radius 1 is 0.315 bits per heavy atom. The second-order valence-electron chi connectivity index (χ2n) is 26.9. The molecule has 0 rings (SSSR count). The molecule has 0 radical (unpaired) electrons. The Balaban J connectivity index is 5.22. The van der Waals surface area contributed by atoms with Gasteiger partial charge in [-0.2, -0.15) is 0 Å². The monoisotopic (exact) mass is 1310 g/mol. The predicted molar refractivity (Wildman–Crippen MR) is 358 cm³/mol. The van der Waals surface area contributed by atoms with Crippen molar-refractivity contribution in [3.05, 3.63) is 0 Å². The summed E-state index contributed by atoms with van der Waals surface area (Å²) in [6.45, 7) is 14.0. The van der Waals surface area contributed by atoms with Gasteiger partial charge in [-0.15, -0.1) is 0 Å². The van der Waals surface area contributed by atoms with E-state index < -0.39 is 97.5 Å². The Bertz CT molecular complexity index is 1770. The maximum atomic E-state index is 13.0. The van der Waals surface area contributed by atoms with Crippen molar-refractivity contribution in [2.24, 2.45) is 23.7 Å². The van der Waals surface area contributed by atoms with Crippen molar-refractivity contribution in [2.75, 3.05) is 39.6 Å². The van der Waals surface area contributed by atoms with Gasteiger partial charge < -0.3 is 33.8 Å². The van der Waals surface area contributed by atoms with Crippen molar-refractivity contribution in [3.8, 4) is 0 Å². The summed E-state index contributed by atoms with van der Waals surface area (Å²) >= 11 is 0. The van der Waals surface area contributed by atoms with Crippen LogP contribution in [0.1, 0.15) is 344 Å². The van der Waals surface area contributed by atoms with Gasteiger partial charge in [-0.3, -0.25) is 37.3 Å². The highest BCUT2D eigenvalue weighted by molar-refractivity contribution is 7.47. The molecule has 0 aliphatic heterocycles. The lowest BCUT2D eigenvalue weighted by atomic mass is 10.00. The van der Waals surface area contributed by atoms with Crippen LogP contribution in [-0.4, -0.2) is 96.7 Å². The number of hydrogen-bond acceptors (Lipinski definition) is 15. The van der Waals surface area contributed by atoms with Gasteiger partial charge >= 0.3 is 39.5 Å². The van der Waals surface area contributed by atoms with E-state index in [0.29, 0.717) is 31.6 Å².